The largest absolute Gasteiger partial charge is 0.465 e. The van der Waals surface area contributed by atoms with Crippen LogP contribution in [-0.4, -0.2) is 128 Å². The fourth-order valence-corrected chi connectivity index (χ4v) is 11.5. The predicted octanol–water partition coefficient (Wildman–Crippen LogP) is 13.7. The van der Waals surface area contributed by atoms with Gasteiger partial charge < -0.3 is 33.2 Å². The Morgan fingerprint density at radius 3 is 1.58 bits per heavy atom. The van der Waals surface area contributed by atoms with E-state index in [1.54, 1.807) is 56.2 Å². The lowest BCUT2D eigenvalue weighted by Crippen LogP contribution is -2.26. The summed E-state index contributed by atoms with van der Waals surface area (Å²) in [7, 11) is 0.633. The zero-order chi connectivity index (χ0) is 61.6. The molecule has 0 saturated carbocycles. The third kappa shape index (κ3) is 17.1. The predicted molar refractivity (Wildman–Crippen MR) is 337 cm³/mol. The van der Waals surface area contributed by atoms with Crippen molar-refractivity contribution in [1.82, 2.24) is 48.9 Å². The fraction of sp³-hybridized carbons (Fsp3) is 0.458. The molecule has 0 bridgehead atoms. The highest BCUT2D eigenvalue weighted by atomic mass is 79.9. The van der Waals surface area contributed by atoms with Crippen molar-refractivity contribution in [2.45, 2.75) is 127 Å². The smallest absolute Gasteiger partial charge is 0.348 e. The number of hydrogen-bond acceptors (Lipinski definition) is 17. The molecule has 0 aromatic carbocycles. The van der Waals surface area contributed by atoms with E-state index in [0.717, 1.165) is 28.4 Å². The van der Waals surface area contributed by atoms with Crippen LogP contribution in [0.4, 0.5) is 0 Å². The van der Waals surface area contributed by atoms with E-state index in [9.17, 15) is 24.0 Å². The van der Waals surface area contributed by atoms with Crippen molar-refractivity contribution in [3.63, 3.8) is 0 Å². The van der Waals surface area contributed by atoms with Crippen molar-refractivity contribution in [3.05, 3.63) is 92.5 Å². The summed E-state index contributed by atoms with van der Waals surface area (Å²) in [5.41, 5.74) is 4.81. The van der Waals surface area contributed by atoms with Crippen LogP contribution in [0.1, 0.15) is 113 Å². The van der Waals surface area contributed by atoms with Crippen LogP contribution < -0.4 is 0 Å². The fourth-order valence-electron chi connectivity index (χ4n) is 7.85. The maximum Gasteiger partial charge on any atom is 0.348 e. The number of hydrogen-bond donors (Lipinski definition) is 1. The summed E-state index contributed by atoms with van der Waals surface area (Å²) in [6, 6.07) is 11.2. The molecule has 19 nitrogen and oxygen atoms in total. The number of rotatable bonds is 18. The van der Waals surface area contributed by atoms with Gasteiger partial charge >= 0.3 is 5.97 Å². The first-order valence-electron chi connectivity index (χ1n) is 27.0. The van der Waals surface area contributed by atoms with Gasteiger partial charge in [0, 0.05) is 71.2 Å². The summed E-state index contributed by atoms with van der Waals surface area (Å²) in [5.74, 6) is -0.565. The highest BCUT2D eigenvalue weighted by Gasteiger charge is 2.31. The molecule has 24 heteroatoms. The molecule has 0 saturated heterocycles. The summed E-state index contributed by atoms with van der Waals surface area (Å²) >= 11 is 5.90. The molecule has 8 aromatic rings. The van der Waals surface area contributed by atoms with Crippen molar-refractivity contribution in [3.8, 4) is 27.2 Å². The van der Waals surface area contributed by atoms with Crippen molar-refractivity contribution in [2.24, 2.45) is 16.2 Å². The van der Waals surface area contributed by atoms with Crippen LogP contribution >= 0.6 is 38.6 Å². The number of thiophene rings is 2. The SMILES string of the molecule is CC(C)(C)C(=O)c1cn(COCC[Si](C)(C)C)c2ncc(Br)nc12.CN(CC#N)C(=O)c1ccc(-c2cnc3[nH]cc(C(=O)C(C)(C)C)c3n2)s1.COC(=O)c1ccc(-c2cnc3c(n2)c(C(=O)C(C)(C)C)cn3COCC[Si](C)(C)C)s1. The number of H-pyrrole nitrogens is 1. The molecule has 8 aromatic heterocycles. The molecule has 8 rings (SSSR count). The van der Waals surface area contributed by atoms with Gasteiger partial charge in [-0.2, -0.15) is 5.26 Å². The third-order valence-corrected chi connectivity index (χ3v) is 18.7. The normalized spacial score (nSPS) is 12.2. The molecule has 0 aliphatic heterocycles. The molecule has 442 valence electrons. The molecule has 0 fully saturated rings. The quantitative estimate of drug-likeness (QED) is 0.0276. The number of methoxy groups -OCH3 is 1. The van der Waals surface area contributed by atoms with Crippen LogP contribution in [-0.2, 0) is 27.7 Å². The first-order chi connectivity index (χ1) is 38.6. The highest BCUT2D eigenvalue weighted by Crippen LogP contribution is 2.34. The average Bonchev–Trinajstić information content (AvgIpc) is 4.20. The first-order valence-corrected chi connectivity index (χ1v) is 36.9. The van der Waals surface area contributed by atoms with Gasteiger partial charge in [0.1, 0.15) is 46.0 Å². The molecule has 0 unspecified atom stereocenters. The first kappa shape index (κ1) is 65.7. The van der Waals surface area contributed by atoms with Crippen LogP contribution in [0, 0.1) is 27.6 Å². The highest BCUT2D eigenvalue weighted by molar-refractivity contribution is 9.10. The van der Waals surface area contributed by atoms with Crippen molar-refractivity contribution < 1.29 is 38.2 Å². The summed E-state index contributed by atoms with van der Waals surface area (Å²) < 4.78 is 20.9. The maximum atomic E-state index is 13.2. The molecule has 0 radical (unpaired) electrons. The number of esters is 1. The minimum Gasteiger partial charge on any atom is -0.465 e. The Kier molecular flexibility index (Phi) is 21.1. The Hall–Kier alpha value is -6.47. The van der Waals surface area contributed by atoms with E-state index in [2.05, 4.69) is 85.1 Å². The molecule has 0 aliphatic carbocycles. The monoisotopic (exact) mass is 1270 g/mol. The Balaban J connectivity index is 0.000000202. The zero-order valence-electron chi connectivity index (χ0n) is 50.7. The third-order valence-electron chi connectivity index (χ3n) is 12.7. The number of carbonyl (C=O) groups is 5. The summed E-state index contributed by atoms with van der Waals surface area (Å²) in [6.07, 6.45) is 10.2. The van der Waals surface area contributed by atoms with Gasteiger partial charge in [0.2, 0.25) is 0 Å². The van der Waals surface area contributed by atoms with E-state index >= 15 is 0 Å². The maximum absolute atomic E-state index is 13.2. The number of nitrogens with one attached hydrogen (secondary N) is 1. The molecule has 83 heavy (non-hydrogen) atoms. The second kappa shape index (κ2) is 26.6. The number of nitriles is 1. The van der Waals surface area contributed by atoms with E-state index in [0.29, 0.717) is 96.0 Å². The van der Waals surface area contributed by atoms with Crippen LogP contribution in [0.3, 0.4) is 0 Å². The van der Waals surface area contributed by atoms with E-state index < -0.39 is 32.4 Å². The van der Waals surface area contributed by atoms with Crippen molar-refractivity contribution in [1.29, 1.82) is 5.26 Å². The van der Waals surface area contributed by atoms with Crippen molar-refractivity contribution >= 4 is 117 Å². The number of nitrogens with zero attached hydrogens (tertiary/aromatic N) is 10. The average molecular weight is 1270 g/mol. The number of ketones is 3. The van der Waals surface area contributed by atoms with Gasteiger partial charge in [-0.25, -0.2) is 34.7 Å². The van der Waals surface area contributed by atoms with Gasteiger partial charge in [0.25, 0.3) is 5.91 Å². The van der Waals surface area contributed by atoms with Crippen LogP contribution in [0.2, 0.25) is 51.4 Å². The van der Waals surface area contributed by atoms with E-state index in [-0.39, 0.29) is 35.8 Å². The Bertz CT molecular complexity index is 3710. The van der Waals surface area contributed by atoms with Crippen LogP contribution in [0.15, 0.2) is 66.0 Å². The topological polar surface area (TPSA) is 243 Å². The van der Waals surface area contributed by atoms with E-state index in [1.807, 2.05) is 89.8 Å². The standard InChI is InChI=1S/C23H31N3O4SSi.C19H19N5O2S.C17H26BrN3O2Si/c1-23(2,3)20(27)15-13-26(14-30-10-11-32(5,6)7)21-19(15)25-16(12-24-21)17-8-9-18(31-17)22(28)29-4;1-19(2,3)16(25)11-9-21-17-15(11)23-12(10-22-17)13-5-6-14(27-13)18(26)24(4)8-7-20;1-17(2,3)15(22)12-10-21(11-23-7-8-24(4,5)6)16-14(12)20-13(18)9-19-16/h8-9,12-13H,10-11,14H2,1-7H3;5-6,9-10H,8H2,1-4H3,(H,21,22);9-10H,7-8,11H2,1-6H3. The lowest BCUT2D eigenvalue weighted by atomic mass is 9.87. The van der Waals surface area contributed by atoms with Gasteiger partial charge in [-0.3, -0.25) is 19.2 Å². The minimum atomic E-state index is -1.19. The number of fused-ring (bicyclic) bond motifs is 3. The summed E-state index contributed by atoms with van der Waals surface area (Å²) in [5, 5.41) is 8.73. The van der Waals surface area contributed by atoms with E-state index in [1.165, 1.54) is 34.7 Å². The number of halogens is 1. The minimum absolute atomic E-state index is 0.00349. The lowest BCUT2D eigenvalue weighted by Gasteiger charge is -2.16. The zero-order valence-corrected chi connectivity index (χ0v) is 55.9. The molecule has 1 N–H and O–H groups in total. The number of ether oxygens (including phenoxy) is 3. The Morgan fingerprint density at radius 1 is 0.651 bits per heavy atom. The van der Waals surface area contributed by atoms with Crippen molar-refractivity contribution in [2.75, 3.05) is 33.9 Å². The van der Waals surface area contributed by atoms with Gasteiger partial charge in [-0.05, 0) is 52.3 Å². The molecule has 0 spiro atoms. The molecule has 0 atom stereocenters. The summed E-state index contributed by atoms with van der Waals surface area (Å²) in [4.78, 5) is 96.8. The number of carbonyl (C=O) groups excluding carboxylic acids is 5. The van der Waals surface area contributed by atoms with E-state index in [4.69, 9.17) is 24.5 Å². The summed E-state index contributed by atoms with van der Waals surface area (Å²) in [6.45, 7) is 33.0. The number of aromatic nitrogens is 9. The van der Waals surface area contributed by atoms with Gasteiger partial charge in [0.05, 0.1) is 74.5 Å². The molecule has 1 amide bonds. The number of amides is 1. The number of aromatic amines is 1. The number of Topliss-reactive ketones (excluding diaryl/α,β-unsaturated/α-hetero) is 3. The lowest BCUT2D eigenvalue weighted by molar-refractivity contribution is 0.0605. The molecular weight excluding hydrogens is 1190 g/mol. The molecular formula is C59H76BrN11O8S2Si2. The van der Waals surface area contributed by atoms with Crippen LogP contribution in [0.5, 0.6) is 0 Å². The van der Waals surface area contributed by atoms with Gasteiger partial charge in [-0.15, -0.1) is 22.7 Å². The van der Waals surface area contributed by atoms with Gasteiger partial charge in [-0.1, -0.05) is 102 Å². The van der Waals surface area contributed by atoms with Gasteiger partial charge in [0.15, 0.2) is 34.3 Å². The molecule has 0 aliphatic rings. The Labute approximate surface area is 503 Å². The van der Waals surface area contributed by atoms with Crippen LogP contribution in [0.25, 0.3) is 54.6 Å². The second-order valence-electron chi connectivity index (χ2n) is 25.5. The molecule has 8 heterocycles. The second-order valence-corrected chi connectivity index (χ2v) is 39.8. The Morgan fingerprint density at radius 2 is 1.10 bits per heavy atom.